The van der Waals surface area contributed by atoms with Crippen molar-refractivity contribution in [1.82, 2.24) is 10.1 Å². The Morgan fingerprint density at radius 3 is 2.79 bits per heavy atom. The predicted molar refractivity (Wildman–Crippen MR) is 71.9 cm³/mol. The average Bonchev–Trinajstić information content (AvgIpc) is 3.03. The minimum Gasteiger partial charge on any atom is -0.461 e. The van der Waals surface area contributed by atoms with Crippen molar-refractivity contribution in [3.05, 3.63) is 40.6 Å². The first-order valence-electron chi connectivity index (χ1n) is 5.27. The fourth-order valence-corrected chi connectivity index (χ4v) is 2.09. The van der Waals surface area contributed by atoms with E-state index in [0.29, 0.717) is 32.9 Å². The molecule has 2 N–H and O–H groups in total. The Bertz CT molecular complexity index is 723. The van der Waals surface area contributed by atoms with E-state index in [4.69, 9.17) is 37.9 Å². The molecule has 0 bridgehead atoms. The number of nitrogens with two attached hydrogens (primary N) is 1. The molecule has 5 nitrogen and oxygen atoms in total. The summed E-state index contributed by atoms with van der Waals surface area (Å²) in [7, 11) is 0. The number of aromatic nitrogens is 2. The second kappa shape index (κ2) is 4.60. The van der Waals surface area contributed by atoms with Crippen LogP contribution < -0.4 is 5.73 Å². The lowest BCUT2D eigenvalue weighted by Gasteiger charge is -2.03. The van der Waals surface area contributed by atoms with E-state index in [-0.39, 0.29) is 5.89 Å². The van der Waals surface area contributed by atoms with Crippen molar-refractivity contribution in [2.75, 3.05) is 5.73 Å². The summed E-state index contributed by atoms with van der Waals surface area (Å²) in [5.74, 6) is 1.06. The molecule has 3 rings (SSSR count). The van der Waals surface area contributed by atoms with Crippen LogP contribution in [-0.2, 0) is 0 Å². The lowest BCUT2D eigenvalue weighted by atomic mass is 10.2. The number of hydrogen-bond acceptors (Lipinski definition) is 5. The van der Waals surface area contributed by atoms with Crippen LogP contribution in [0.2, 0.25) is 10.0 Å². The molecule has 3 aromatic rings. The smallest absolute Gasteiger partial charge is 0.260 e. The second-order valence-corrected chi connectivity index (χ2v) is 4.59. The molecule has 0 saturated heterocycles. The largest absolute Gasteiger partial charge is 0.461 e. The topological polar surface area (TPSA) is 78.1 Å². The van der Waals surface area contributed by atoms with Gasteiger partial charge in [-0.25, -0.2) is 0 Å². The molecular weight excluding hydrogens is 289 g/mol. The van der Waals surface area contributed by atoms with E-state index in [1.165, 1.54) is 6.26 Å². The standard InChI is InChI=1S/C12H7Cl2N3O2/c13-6-4-7(10(15)8(14)5-6)12-16-11(17-19-12)9-2-1-3-18-9/h1-5H,15H2. The molecule has 0 radical (unpaired) electrons. The van der Waals surface area contributed by atoms with Gasteiger partial charge in [0.25, 0.3) is 5.89 Å². The van der Waals surface area contributed by atoms with Crippen LogP contribution in [0.25, 0.3) is 23.0 Å². The fraction of sp³-hybridized carbons (Fsp3) is 0. The molecule has 0 aliphatic rings. The molecule has 0 atom stereocenters. The van der Waals surface area contributed by atoms with Gasteiger partial charge in [-0.1, -0.05) is 28.4 Å². The normalized spacial score (nSPS) is 10.8. The van der Waals surface area contributed by atoms with Crippen molar-refractivity contribution < 1.29 is 8.94 Å². The second-order valence-electron chi connectivity index (χ2n) is 3.75. The Morgan fingerprint density at radius 1 is 1.21 bits per heavy atom. The van der Waals surface area contributed by atoms with Crippen LogP contribution >= 0.6 is 23.2 Å². The summed E-state index contributed by atoms with van der Waals surface area (Å²) in [5.41, 5.74) is 6.69. The SMILES string of the molecule is Nc1c(Cl)cc(Cl)cc1-c1nc(-c2ccco2)no1. The number of furan rings is 1. The number of halogens is 2. The van der Waals surface area contributed by atoms with Gasteiger partial charge < -0.3 is 14.7 Å². The van der Waals surface area contributed by atoms with Gasteiger partial charge in [-0.3, -0.25) is 0 Å². The van der Waals surface area contributed by atoms with Crippen molar-refractivity contribution in [3.8, 4) is 23.0 Å². The zero-order chi connectivity index (χ0) is 13.4. The third-order valence-corrected chi connectivity index (χ3v) is 3.02. The highest BCUT2D eigenvalue weighted by Gasteiger charge is 2.16. The third kappa shape index (κ3) is 2.18. The van der Waals surface area contributed by atoms with E-state index in [9.17, 15) is 0 Å². The van der Waals surface area contributed by atoms with Crippen LogP contribution in [0.1, 0.15) is 0 Å². The van der Waals surface area contributed by atoms with Gasteiger partial charge >= 0.3 is 0 Å². The Morgan fingerprint density at radius 2 is 2.05 bits per heavy atom. The van der Waals surface area contributed by atoms with Crippen LogP contribution in [-0.4, -0.2) is 10.1 Å². The van der Waals surface area contributed by atoms with Crippen LogP contribution in [0.15, 0.2) is 39.5 Å². The number of nitrogens with zero attached hydrogens (tertiary/aromatic N) is 2. The number of nitrogen functional groups attached to an aromatic ring is 1. The van der Waals surface area contributed by atoms with Gasteiger partial charge in [0.2, 0.25) is 5.82 Å². The number of benzene rings is 1. The summed E-state index contributed by atoms with van der Waals surface area (Å²) in [6.07, 6.45) is 1.52. The van der Waals surface area contributed by atoms with Gasteiger partial charge in [-0.2, -0.15) is 4.98 Å². The molecule has 1 aromatic carbocycles. The summed E-state index contributed by atoms with van der Waals surface area (Å²) in [4.78, 5) is 4.20. The maximum atomic E-state index is 5.96. The van der Waals surface area contributed by atoms with Crippen molar-refractivity contribution in [2.24, 2.45) is 0 Å². The predicted octanol–water partition coefficient (Wildman–Crippen LogP) is 3.89. The summed E-state index contributed by atoms with van der Waals surface area (Å²) in [6, 6.07) is 6.62. The van der Waals surface area contributed by atoms with E-state index < -0.39 is 0 Å². The first-order valence-corrected chi connectivity index (χ1v) is 6.03. The third-order valence-electron chi connectivity index (χ3n) is 2.49. The first kappa shape index (κ1) is 12.1. The van der Waals surface area contributed by atoms with Crippen LogP contribution in [0, 0.1) is 0 Å². The fourth-order valence-electron chi connectivity index (χ4n) is 1.60. The summed E-state index contributed by atoms with van der Waals surface area (Å²) >= 11 is 11.9. The minimum atomic E-state index is 0.230. The Balaban J connectivity index is 2.09. The molecule has 0 fully saturated rings. The average molecular weight is 296 g/mol. The summed E-state index contributed by atoms with van der Waals surface area (Å²) < 4.78 is 10.3. The molecule has 2 aromatic heterocycles. The maximum absolute atomic E-state index is 5.96. The van der Waals surface area contributed by atoms with E-state index in [1.54, 1.807) is 24.3 Å². The van der Waals surface area contributed by atoms with Gasteiger partial charge in [0.05, 0.1) is 22.5 Å². The number of hydrogen-bond donors (Lipinski definition) is 1. The van der Waals surface area contributed by atoms with E-state index in [0.717, 1.165) is 0 Å². The molecule has 19 heavy (non-hydrogen) atoms. The quantitative estimate of drug-likeness (QED) is 0.726. The lowest BCUT2D eigenvalue weighted by molar-refractivity contribution is 0.429. The molecule has 7 heteroatoms. The zero-order valence-electron chi connectivity index (χ0n) is 9.43. The maximum Gasteiger partial charge on any atom is 0.260 e. The van der Waals surface area contributed by atoms with Crippen molar-refractivity contribution >= 4 is 28.9 Å². The van der Waals surface area contributed by atoms with Crippen LogP contribution in [0.4, 0.5) is 5.69 Å². The van der Waals surface area contributed by atoms with E-state index >= 15 is 0 Å². The van der Waals surface area contributed by atoms with Crippen molar-refractivity contribution in [1.29, 1.82) is 0 Å². The summed E-state index contributed by atoms with van der Waals surface area (Å²) in [5, 5.41) is 4.58. The summed E-state index contributed by atoms with van der Waals surface area (Å²) in [6.45, 7) is 0. The Kier molecular flexibility index (Phi) is 2.93. The van der Waals surface area contributed by atoms with Gasteiger partial charge in [-0.05, 0) is 24.3 Å². The Labute approximate surface area is 117 Å². The van der Waals surface area contributed by atoms with E-state index in [2.05, 4.69) is 10.1 Å². The van der Waals surface area contributed by atoms with Gasteiger partial charge in [0.1, 0.15) is 0 Å². The molecule has 0 saturated carbocycles. The molecule has 2 heterocycles. The van der Waals surface area contributed by atoms with Gasteiger partial charge in [0.15, 0.2) is 5.76 Å². The van der Waals surface area contributed by atoms with Crippen LogP contribution in [0.5, 0.6) is 0 Å². The van der Waals surface area contributed by atoms with Gasteiger partial charge in [0, 0.05) is 5.02 Å². The van der Waals surface area contributed by atoms with Crippen molar-refractivity contribution in [2.45, 2.75) is 0 Å². The van der Waals surface area contributed by atoms with Crippen molar-refractivity contribution in [3.63, 3.8) is 0 Å². The highest BCUT2D eigenvalue weighted by molar-refractivity contribution is 6.37. The number of rotatable bonds is 2. The lowest BCUT2D eigenvalue weighted by Crippen LogP contribution is -1.92. The van der Waals surface area contributed by atoms with Gasteiger partial charge in [-0.15, -0.1) is 0 Å². The monoisotopic (exact) mass is 295 g/mol. The highest BCUT2D eigenvalue weighted by atomic mass is 35.5. The molecule has 96 valence electrons. The molecule has 0 amide bonds. The zero-order valence-corrected chi connectivity index (χ0v) is 10.9. The molecule has 0 aliphatic heterocycles. The first-order chi connectivity index (χ1) is 9.15. The molecule has 0 spiro atoms. The minimum absolute atomic E-state index is 0.230. The molecule has 0 aliphatic carbocycles. The van der Waals surface area contributed by atoms with Crippen LogP contribution in [0.3, 0.4) is 0 Å². The molecule has 0 unspecified atom stereocenters. The van der Waals surface area contributed by atoms with E-state index in [1.807, 2.05) is 0 Å². The molecular formula is C12H7Cl2N3O2. The number of anilines is 1. The Hall–Kier alpha value is -1.98. The highest BCUT2D eigenvalue weighted by Crippen LogP contribution is 2.34.